The summed E-state index contributed by atoms with van der Waals surface area (Å²) in [5.74, 6) is 0.643. The van der Waals surface area contributed by atoms with Gasteiger partial charge in [-0.15, -0.1) is 10.2 Å². The molecule has 32 heavy (non-hydrogen) atoms. The molecule has 1 aliphatic rings. The van der Waals surface area contributed by atoms with E-state index in [9.17, 15) is 9.59 Å². The van der Waals surface area contributed by atoms with Crippen LogP contribution in [0.5, 0.6) is 0 Å². The molecule has 0 radical (unpaired) electrons. The van der Waals surface area contributed by atoms with Crippen LogP contribution in [-0.2, 0) is 14.3 Å². The van der Waals surface area contributed by atoms with Crippen molar-refractivity contribution in [2.45, 2.75) is 24.9 Å². The van der Waals surface area contributed by atoms with E-state index in [1.807, 2.05) is 18.2 Å². The molecule has 0 bridgehead atoms. The van der Waals surface area contributed by atoms with E-state index in [1.54, 1.807) is 40.9 Å². The molecule has 1 atom stereocenters. The monoisotopic (exact) mass is 474 g/mol. The van der Waals surface area contributed by atoms with Gasteiger partial charge in [-0.1, -0.05) is 35.5 Å². The van der Waals surface area contributed by atoms with E-state index in [-0.39, 0.29) is 23.5 Å². The molecular formula is C22H23ClN4O4S. The molecule has 1 saturated heterocycles. The summed E-state index contributed by atoms with van der Waals surface area (Å²) >= 11 is 7.71. The van der Waals surface area contributed by atoms with Gasteiger partial charge in [0.2, 0.25) is 11.7 Å². The molecular weight excluding hydrogens is 452 g/mol. The van der Waals surface area contributed by atoms with Gasteiger partial charge in [-0.25, -0.2) is 0 Å². The third kappa shape index (κ3) is 4.83. The van der Waals surface area contributed by atoms with Gasteiger partial charge in [0, 0.05) is 13.1 Å². The summed E-state index contributed by atoms with van der Waals surface area (Å²) in [6.07, 6.45) is 3.08. The third-order valence-electron chi connectivity index (χ3n) is 5.19. The number of carbonyl (C=O) groups excluding carboxylic acids is 2. The molecule has 8 nitrogen and oxygen atoms in total. The number of carbonyl (C=O) groups is 2. The fourth-order valence-corrected chi connectivity index (χ4v) is 4.72. The van der Waals surface area contributed by atoms with E-state index in [4.69, 9.17) is 20.8 Å². The van der Waals surface area contributed by atoms with Crippen molar-refractivity contribution in [2.75, 3.05) is 25.4 Å². The van der Waals surface area contributed by atoms with Crippen LogP contribution in [0.1, 0.15) is 19.8 Å². The number of thioether (sulfide) groups is 1. The maximum atomic E-state index is 12.9. The van der Waals surface area contributed by atoms with Crippen molar-refractivity contribution >= 4 is 35.2 Å². The summed E-state index contributed by atoms with van der Waals surface area (Å²) in [5, 5.41) is 9.62. The van der Waals surface area contributed by atoms with Crippen molar-refractivity contribution in [1.82, 2.24) is 19.7 Å². The van der Waals surface area contributed by atoms with Gasteiger partial charge in [-0.3, -0.25) is 14.2 Å². The first-order chi connectivity index (χ1) is 15.6. The number of furan rings is 1. The van der Waals surface area contributed by atoms with Gasteiger partial charge in [0.25, 0.3) is 0 Å². The lowest BCUT2D eigenvalue weighted by atomic mass is 9.98. The predicted octanol–water partition coefficient (Wildman–Crippen LogP) is 4.07. The molecule has 3 aromatic rings. The second-order valence-electron chi connectivity index (χ2n) is 7.29. The van der Waals surface area contributed by atoms with Crippen molar-refractivity contribution in [1.29, 1.82) is 0 Å². The van der Waals surface area contributed by atoms with Crippen LogP contribution >= 0.6 is 23.4 Å². The summed E-state index contributed by atoms with van der Waals surface area (Å²) in [7, 11) is 0. The number of nitrogens with zero attached hydrogens (tertiary/aromatic N) is 4. The molecule has 1 fully saturated rings. The van der Waals surface area contributed by atoms with Gasteiger partial charge in [-0.05, 0) is 44.0 Å². The Kier molecular flexibility index (Phi) is 7.16. The Morgan fingerprint density at radius 1 is 1.25 bits per heavy atom. The average Bonchev–Trinajstić information content (AvgIpc) is 3.48. The fourth-order valence-electron chi connectivity index (χ4n) is 3.65. The van der Waals surface area contributed by atoms with E-state index in [2.05, 4.69) is 10.2 Å². The molecule has 0 aliphatic carbocycles. The quantitative estimate of drug-likeness (QED) is 0.376. The van der Waals surface area contributed by atoms with Crippen LogP contribution in [-0.4, -0.2) is 57.0 Å². The zero-order chi connectivity index (χ0) is 22.5. The molecule has 1 aliphatic heterocycles. The van der Waals surface area contributed by atoms with Crippen LogP contribution in [0.15, 0.2) is 52.2 Å². The van der Waals surface area contributed by atoms with E-state index in [0.717, 1.165) is 12.8 Å². The Bertz CT molecular complexity index is 1090. The van der Waals surface area contributed by atoms with Gasteiger partial charge in [-0.2, -0.15) is 0 Å². The molecule has 168 valence electrons. The molecule has 10 heteroatoms. The van der Waals surface area contributed by atoms with E-state index < -0.39 is 0 Å². The molecule has 1 aromatic carbocycles. The number of halogens is 1. The predicted molar refractivity (Wildman–Crippen MR) is 121 cm³/mol. The van der Waals surface area contributed by atoms with Crippen LogP contribution in [0.4, 0.5) is 0 Å². The van der Waals surface area contributed by atoms with Crippen LogP contribution < -0.4 is 0 Å². The van der Waals surface area contributed by atoms with Crippen LogP contribution in [0.2, 0.25) is 5.02 Å². The normalized spacial score (nSPS) is 16.2. The average molecular weight is 475 g/mol. The molecule has 2 aromatic heterocycles. The van der Waals surface area contributed by atoms with Crippen LogP contribution in [0.3, 0.4) is 0 Å². The number of aromatic nitrogens is 3. The standard InChI is InChI=1S/C22H23ClN4O4S/c1-2-30-21(29)15-7-5-11-26(13-15)19(28)14-32-22-25-24-20(18-10-6-12-31-18)27(22)17-9-4-3-8-16(17)23/h3-4,6,8-10,12,15H,2,5,7,11,13-14H2,1H3. The Balaban J connectivity index is 1.52. The summed E-state index contributed by atoms with van der Waals surface area (Å²) in [4.78, 5) is 26.7. The number of amides is 1. The van der Waals surface area contributed by atoms with Gasteiger partial charge >= 0.3 is 5.97 Å². The second kappa shape index (κ2) is 10.2. The highest BCUT2D eigenvalue weighted by Crippen LogP contribution is 2.32. The van der Waals surface area contributed by atoms with Crippen molar-refractivity contribution in [3.63, 3.8) is 0 Å². The first kappa shape index (κ1) is 22.4. The molecule has 1 amide bonds. The molecule has 4 rings (SSSR count). The number of para-hydroxylation sites is 1. The van der Waals surface area contributed by atoms with Crippen LogP contribution in [0.25, 0.3) is 17.3 Å². The topological polar surface area (TPSA) is 90.5 Å². The number of piperidine rings is 1. The third-order valence-corrected chi connectivity index (χ3v) is 6.42. The van der Waals surface area contributed by atoms with Crippen LogP contribution in [0, 0.1) is 5.92 Å². The van der Waals surface area contributed by atoms with Crippen molar-refractivity contribution in [3.05, 3.63) is 47.7 Å². The number of rotatable bonds is 7. The zero-order valence-corrected chi connectivity index (χ0v) is 19.1. The first-order valence-electron chi connectivity index (χ1n) is 10.4. The summed E-state index contributed by atoms with van der Waals surface area (Å²) in [5.41, 5.74) is 0.695. The van der Waals surface area contributed by atoms with Gasteiger partial charge in [0.1, 0.15) is 0 Å². The first-order valence-corrected chi connectivity index (χ1v) is 11.8. The zero-order valence-electron chi connectivity index (χ0n) is 17.6. The number of ether oxygens (including phenoxy) is 1. The Labute approximate surface area is 194 Å². The van der Waals surface area contributed by atoms with Gasteiger partial charge in [0.05, 0.1) is 35.3 Å². The Morgan fingerprint density at radius 3 is 2.84 bits per heavy atom. The van der Waals surface area contributed by atoms with E-state index in [0.29, 0.717) is 47.1 Å². The van der Waals surface area contributed by atoms with E-state index >= 15 is 0 Å². The minimum absolute atomic E-state index is 0.0581. The summed E-state index contributed by atoms with van der Waals surface area (Å²) < 4.78 is 12.4. The SMILES string of the molecule is CCOC(=O)C1CCCN(C(=O)CSc2nnc(-c3ccco3)n2-c2ccccc2Cl)C1. The van der Waals surface area contributed by atoms with Crippen molar-refractivity contribution in [2.24, 2.45) is 5.92 Å². The Morgan fingerprint density at radius 2 is 2.09 bits per heavy atom. The van der Waals surface area contributed by atoms with Gasteiger partial charge in [0.15, 0.2) is 10.9 Å². The number of esters is 1. The maximum Gasteiger partial charge on any atom is 0.310 e. The minimum Gasteiger partial charge on any atom is -0.466 e. The number of hydrogen-bond acceptors (Lipinski definition) is 7. The smallest absolute Gasteiger partial charge is 0.310 e. The number of hydrogen-bond donors (Lipinski definition) is 0. The van der Waals surface area contributed by atoms with E-state index in [1.165, 1.54) is 11.8 Å². The van der Waals surface area contributed by atoms with Crippen molar-refractivity contribution in [3.8, 4) is 17.3 Å². The summed E-state index contributed by atoms with van der Waals surface area (Å²) in [6.45, 7) is 3.14. The Hall–Kier alpha value is -2.78. The molecule has 1 unspecified atom stereocenters. The number of benzene rings is 1. The molecule has 0 saturated carbocycles. The minimum atomic E-state index is -0.269. The lowest BCUT2D eigenvalue weighted by Crippen LogP contribution is -2.43. The fraction of sp³-hybridized carbons (Fsp3) is 0.364. The second-order valence-corrected chi connectivity index (χ2v) is 8.64. The number of likely N-dealkylation sites (tertiary alicyclic amines) is 1. The van der Waals surface area contributed by atoms with Crippen molar-refractivity contribution < 1.29 is 18.7 Å². The highest BCUT2D eigenvalue weighted by atomic mass is 35.5. The lowest BCUT2D eigenvalue weighted by molar-refractivity contribution is -0.151. The highest BCUT2D eigenvalue weighted by Gasteiger charge is 2.30. The molecule has 0 N–H and O–H groups in total. The summed E-state index contributed by atoms with van der Waals surface area (Å²) in [6, 6.07) is 10.9. The largest absolute Gasteiger partial charge is 0.466 e. The molecule has 0 spiro atoms. The lowest BCUT2D eigenvalue weighted by Gasteiger charge is -2.31. The van der Waals surface area contributed by atoms with Gasteiger partial charge < -0.3 is 14.1 Å². The molecule has 3 heterocycles. The maximum absolute atomic E-state index is 12.9. The highest BCUT2D eigenvalue weighted by molar-refractivity contribution is 7.99.